The van der Waals surface area contributed by atoms with Gasteiger partial charge in [0.15, 0.2) is 5.78 Å². The molecule has 82 valence electrons. The van der Waals surface area contributed by atoms with Gasteiger partial charge in [-0.05, 0) is 53.6 Å². The molecule has 0 aliphatic carbocycles. The van der Waals surface area contributed by atoms with Crippen molar-refractivity contribution < 1.29 is 9.53 Å². The molecule has 15 heavy (non-hydrogen) atoms. The van der Waals surface area contributed by atoms with E-state index in [1.54, 1.807) is 13.0 Å². The van der Waals surface area contributed by atoms with E-state index in [4.69, 9.17) is 4.74 Å². The molecular formula is C12H15IO2. The molecule has 0 aromatic heterocycles. The Kier molecular flexibility index (Phi) is 4.57. The number of rotatable bonds is 4. The molecule has 0 N–H and O–H groups in total. The van der Waals surface area contributed by atoms with Crippen molar-refractivity contribution in [2.75, 3.05) is 6.61 Å². The summed E-state index contributed by atoms with van der Waals surface area (Å²) in [5, 5.41) is 0. The second kappa shape index (κ2) is 5.49. The number of carbonyl (C=O) groups excluding carboxylic acids is 1. The van der Waals surface area contributed by atoms with Crippen LogP contribution in [0, 0.1) is 9.49 Å². The number of benzene rings is 1. The van der Waals surface area contributed by atoms with Crippen molar-refractivity contribution >= 4 is 28.4 Å². The van der Waals surface area contributed by atoms with Crippen molar-refractivity contribution in [1.82, 2.24) is 0 Å². The summed E-state index contributed by atoms with van der Waals surface area (Å²) in [5.41, 5.74) is 0.733. The zero-order valence-electron chi connectivity index (χ0n) is 9.21. The minimum atomic E-state index is 0.0864. The van der Waals surface area contributed by atoms with E-state index >= 15 is 0 Å². The summed E-state index contributed by atoms with van der Waals surface area (Å²) in [4.78, 5) is 11.1. The maximum atomic E-state index is 11.1. The van der Waals surface area contributed by atoms with Crippen LogP contribution in [0.4, 0.5) is 0 Å². The lowest BCUT2D eigenvalue weighted by Crippen LogP contribution is -2.06. The van der Waals surface area contributed by atoms with E-state index in [9.17, 15) is 4.79 Å². The first-order valence-electron chi connectivity index (χ1n) is 4.94. The van der Waals surface area contributed by atoms with Gasteiger partial charge >= 0.3 is 0 Å². The van der Waals surface area contributed by atoms with Gasteiger partial charge in [-0.2, -0.15) is 0 Å². The fourth-order valence-electron chi connectivity index (χ4n) is 1.09. The summed E-state index contributed by atoms with van der Waals surface area (Å²) in [6.45, 7) is 6.49. The highest BCUT2D eigenvalue weighted by Gasteiger charge is 2.06. The lowest BCUT2D eigenvalue weighted by molar-refractivity contribution is 0.101. The Bertz CT molecular complexity index is 359. The van der Waals surface area contributed by atoms with Crippen LogP contribution in [0.5, 0.6) is 5.75 Å². The maximum absolute atomic E-state index is 11.1. The van der Waals surface area contributed by atoms with Crippen LogP contribution in [0.2, 0.25) is 0 Å². The Balaban J connectivity index is 2.79. The van der Waals surface area contributed by atoms with Gasteiger partial charge in [0.05, 0.1) is 10.2 Å². The molecule has 0 atom stereocenters. The largest absolute Gasteiger partial charge is 0.492 e. The van der Waals surface area contributed by atoms with Crippen molar-refractivity contribution in [1.29, 1.82) is 0 Å². The van der Waals surface area contributed by atoms with Crippen LogP contribution in [-0.4, -0.2) is 12.4 Å². The fraction of sp³-hybridized carbons (Fsp3) is 0.417. The summed E-state index contributed by atoms with van der Waals surface area (Å²) in [7, 11) is 0. The molecule has 0 heterocycles. The number of Topliss-reactive ketones (excluding diaryl/α,β-unsaturated/α-hetero) is 1. The van der Waals surface area contributed by atoms with Gasteiger partial charge in [-0.25, -0.2) is 0 Å². The summed E-state index contributed by atoms with van der Waals surface area (Å²) < 4.78 is 6.60. The van der Waals surface area contributed by atoms with E-state index in [0.29, 0.717) is 12.5 Å². The monoisotopic (exact) mass is 318 g/mol. The van der Waals surface area contributed by atoms with E-state index in [2.05, 4.69) is 36.4 Å². The zero-order valence-corrected chi connectivity index (χ0v) is 11.4. The minimum Gasteiger partial charge on any atom is -0.492 e. The molecule has 0 amide bonds. The average molecular weight is 318 g/mol. The SMILES string of the molecule is CC(=O)c1ccc(OCC(C)C)c(I)c1. The molecular weight excluding hydrogens is 303 g/mol. The highest BCUT2D eigenvalue weighted by Crippen LogP contribution is 2.22. The summed E-state index contributed by atoms with van der Waals surface area (Å²) in [6.07, 6.45) is 0. The van der Waals surface area contributed by atoms with Crippen LogP contribution in [0.3, 0.4) is 0 Å². The molecule has 0 unspecified atom stereocenters. The molecule has 0 spiro atoms. The number of hydrogen-bond donors (Lipinski definition) is 0. The van der Waals surface area contributed by atoms with Crippen LogP contribution in [0.15, 0.2) is 18.2 Å². The van der Waals surface area contributed by atoms with Gasteiger partial charge in [0.25, 0.3) is 0 Å². The molecule has 2 nitrogen and oxygen atoms in total. The molecule has 3 heteroatoms. The molecule has 0 aliphatic rings. The van der Waals surface area contributed by atoms with Gasteiger partial charge in [-0.1, -0.05) is 13.8 Å². The highest BCUT2D eigenvalue weighted by atomic mass is 127. The topological polar surface area (TPSA) is 26.3 Å². The zero-order chi connectivity index (χ0) is 11.4. The molecule has 0 radical (unpaired) electrons. The van der Waals surface area contributed by atoms with Gasteiger partial charge in [-0.15, -0.1) is 0 Å². The van der Waals surface area contributed by atoms with E-state index in [1.807, 2.05) is 12.1 Å². The summed E-state index contributed by atoms with van der Waals surface area (Å²) in [6, 6.07) is 5.53. The lowest BCUT2D eigenvalue weighted by atomic mass is 10.1. The van der Waals surface area contributed by atoms with Crippen molar-refractivity contribution in [3.05, 3.63) is 27.3 Å². The Morgan fingerprint density at radius 1 is 1.47 bits per heavy atom. The minimum absolute atomic E-state index is 0.0864. The summed E-state index contributed by atoms with van der Waals surface area (Å²) in [5.74, 6) is 1.45. The second-order valence-electron chi connectivity index (χ2n) is 3.91. The van der Waals surface area contributed by atoms with Gasteiger partial charge in [0.1, 0.15) is 5.75 Å². The molecule has 0 aliphatic heterocycles. The summed E-state index contributed by atoms with van der Waals surface area (Å²) >= 11 is 2.19. The molecule has 0 bridgehead atoms. The van der Waals surface area contributed by atoms with Gasteiger partial charge < -0.3 is 4.74 Å². The van der Waals surface area contributed by atoms with Gasteiger partial charge in [-0.3, -0.25) is 4.79 Å². The Morgan fingerprint density at radius 2 is 2.13 bits per heavy atom. The highest BCUT2D eigenvalue weighted by molar-refractivity contribution is 14.1. The number of ether oxygens (including phenoxy) is 1. The molecule has 0 fully saturated rings. The number of ketones is 1. The molecule has 0 saturated carbocycles. The quantitative estimate of drug-likeness (QED) is 0.627. The Hall–Kier alpha value is -0.580. The number of hydrogen-bond acceptors (Lipinski definition) is 2. The predicted molar refractivity (Wildman–Crippen MR) is 69.5 cm³/mol. The average Bonchev–Trinajstić information content (AvgIpc) is 2.15. The molecule has 1 rings (SSSR count). The Morgan fingerprint density at radius 3 is 2.60 bits per heavy atom. The van der Waals surface area contributed by atoms with Crippen molar-refractivity contribution in [3.8, 4) is 5.75 Å². The van der Waals surface area contributed by atoms with E-state index in [-0.39, 0.29) is 5.78 Å². The predicted octanol–water partition coefficient (Wildman–Crippen LogP) is 3.53. The second-order valence-corrected chi connectivity index (χ2v) is 5.07. The maximum Gasteiger partial charge on any atom is 0.159 e. The first-order valence-corrected chi connectivity index (χ1v) is 6.02. The third-order valence-corrected chi connectivity index (χ3v) is 2.75. The van der Waals surface area contributed by atoms with Gasteiger partial charge in [0.2, 0.25) is 0 Å². The lowest BCUT2D eigenvalue weighted by Gasteiger charge is -2.10. The van der Waals surface area contributed by atoms with Crippen LogP contribution in [-0.2, 0) is 0 Å². The van der Waals surface area contributed by atoms with E-state index in [1.165, 1.54) is 0 Å². The van der Waals surface area contributed by atoms with E-state index in [0.717, 1.165) is 14.9 Å². The van der Waals surface area contributed by atoms with Crippen LogP contribution >= 0.6 is 22.6 Å². The normalized spacial score (nSPS) is 10.5. The smallest absolute Gasteiger partial charge is 0.159 e. The van der Waals surface area contributed by atoms with Crippen LogP contribution < -0.4 is 4.74 Å². The molecule has 1 aromatic carbocycles. The first kappa shape index (κ1) is 12.5. The standard InChI is InChI=1S/C12H15IO2/c1-8(2)7-15-12-5-4-10(9(3)14)6-11(12)13/h4-6,8H,7H2,1-3H3. The third-order valence-electron chi connectivity index (χ3n) is 1.91. The number of halogens is 1. The number of carbonyl (C=O) groups is 1. The van der Waals surface area contributed by atoms with E-state index < -0.39 is 0 Å². The Labute approximate surface area is 104 Å². The van der Waals surface area contributed by atoms with Crippen LogP contribution in [0.1, 0.15) is 31.1 Å². The van der Waals surface area contributed by atoms with Crippen molar-refractivity contribution in [2.45, 2.75) is 20.8 Å². The first-order chi connectivity index (χ1) is 7.00. The fourth-order valence-corrected chi connectivity index (χ4v) is 1.76. The van der Waals surface area contributed by atoms with Crippen LogP contribution in [0.25, 0.3) is 0 Å². The molecule has 1 aromatic rings. The van der Waals surface area contributed by atoms with Crippen molar-refractivity contribution in [3.63, 3.8) is 0 Å². The van der Waals surface area contributed by atoms with Crippen molar-refractivity contribution in [2.24, 2.45) is 5.92 Å². The van der Waals surface area contributed by atoms with Gasteiger partial charge in [0, 0.05) is 5.56 Å². The third kappa shape index (κ3) is 3.81. The molecule has 0 saturated heterocycles.